The maximum Gasteiger partial charge on any atom is 0.116 e. The Morgan fingerprint density at radius 3 is 2.67 bits per heavy atom. The fraction of sp³-hybridized carbons (Fsp3) is 0.429. The fourth-order valence-electron chi connectivity index (χ4n) is 1.92. The third kappa shape index (κ3) is 3.12. The monoisotopic (exact) mass is 204 g/mol. The topological polar surface area (TPSA) is 20.2 Å². The van der Waals surface area contributed by atoms with Gasteiger partial charge in [0.05, 0.1) is 0 Å². The molecule has 1 heteroatoms. The first-order chi connectivity index (χ1) is 7.16. The first kappa shape index (κ1) is 11.8. The molecule has 0 heterocycles. The standard InChI is InChI=1S/C14H20O/c1-4-5-6-9-13-10-7-8-11(2)14(13)12(3)15/h7-8,10,15H,3-6,9H2,1-2H3. The first-order valence-corrected chi connectivity index (χ1v) is 5.63. The van der Waals surface area contributed by atoms with Crippen LogP contribution >= 0.6 is 0 Å². The van der Waals surface area contributed by atoms with E-state index < -0.39 is 0 Å². The van der Waals surface area contributed by atoms with E-state index >= 15 is 0 Å². The molecular weight excluding hydrogens is 184 g/mol. The molecule has 0 fully saturated rings. The Morgan fingerprint density at radius 1 is 1.33 bits per heavy atom. The van der Waals surface area contributed by atoms with Crippen LogP contribution in [0.2, 0.25) is 0 Å². The number of aryl methyl sites for hydroxylation is 2. The van der Waals surface area contributed by atoms with E-state index in [2.05, 4.69) is 19.6 Å². The second-order valence-corrected chi connectivity index (χ2v) is 4.01. The summed E-state index contributed by atoms with van der Waals surface area (Å²) in [5.74, 6) is 0.194. The molecule has 0 aliphatic heterocycles. The first-order valence-electron chi connectivity index (χ1n) is 5.63. The predicted molar refractivity (Wildman–Crippen MR) is 66.1 cm³/mol. The zero-order valence-corrected chi connectivity index (χ0v) is 9.71. The summed E-state index contributed by atoms with van der Waals surface area (Å²) in [5.41, 5.74) is 3.26. The van der Waals surface area contributed by atoms with Crippen molar-refractivity contribution < 1.29 is 5.11 Å². The van der Waals surface area contributed by atoms with Gasteiger partial charge < -0.3 is 5.11 Å². The molecule has 0 aliphatic carbocycles. The van der Waals surface area contributed by atoms with E-state index in [9.17, 15) is 5.11 Å². The molecule has 0 radical (unpaired) electrons. The van der Waals surface area contributed by atoms with E-state index in [0.717, 1.165) is 17.5 Å². The molecule has 82 valence electrons. The molecular formula is C14H20O. The lowest BCUT2D eigenvalue weighted by atomic mass is 9.96. The van der Waals surface area contributed by atoms with Gasteiger partial charge >= 0.3 is 0 Å². The Kier molecular flexibility index (Phi) is 4.41. The van der Waals surface area contributed by atoms with E-state index in [0.29, 0.717) is 0 Å². The van der Waals surface area contributed by atoms with Crippen LogP contribution in [0.4, 0.5) is 0 Å². The average molecular weight is 204 g/mol. The summed E-state index contributed by atoms with van der Waals surface area (Å²) in [6, 6.07) is 6.14. The van der Waals surface area contributed by atoms with Crippen molar-refractivity contribution in [3.05, 3.63) is 41.5 Å². The van der Waals surface area contributed by atoms with E-state index in [1.165, 1.54) is 24.8 Å². The third-order valence-electron chi connectivity index (χ3n) is 2.70. The number of aliphatic hydroxyl groups excluding tert-OH is 1. The molecule has 0 saturated heterocycles. The molecule has 1 N–H and O–H groups in total. The van der Waals surface area contributed by atoms with Crippen molar-refractivity contribution in [2.75, 3.05) is 0 Å². The van der Waals surface area contributed by atoms with Crippen molar-refractivity contribution in [3.63, 3.8) is 0 Å². The zero-order valence-electron chi connectivity index (χ0n) is 9.71. The van der Waals surface area contributed by atoms with Crippen LogP contribution in [0.25, 0.3) is 5.76 Å². The molecule has 0 amide bonds. The highest BCUT2D eigenvalue weighted by atomic mass is 16.3. The van der Waals surface area contributed by atoms with E-state index in [4.69, 9.17) is 0 Å². The van der Waals surface area contributed by atoms with Gasteiger partial charge in [0, 0.05) is 5.56 Å². The highest BCUT2D eigenvalue weighted by Gasteiger charge is 2.07. The minimum atomic E-state index is 0.194. The average Bonchev–Trinajstić information content (AvgIpc) is 2.17. The SMILES string of the molecule is C=C(O)c1c(C)cccc1CCCCC. The molecule has 1 rings (SSSR count). The van der Waals surface area contributed by atoms with Crippen molar-refractivity contribution in [1.29, 1.82) is 0 Å². The van der Waals surface area contributed by atoms with Gasteiger partial charge in [-0.3, -0.25) is 0 Å². The summed E-state index contributed by atoms with van der Waals surface area (Å²) in [6.07, 6.45) is 4.68. The smallest absolute Gasteiger partial charge is 0.116 e. The second-order valence-electron chi connectivity index (χ2n) is 4.01. The van der Waals surface area contributed by atoms with Crippen LogP contribution in [0.1, 0.15) is 42.9 Å². The van der Waals surface area contributed by atoms with Gasteiger partial charge in [0.2, 0.25) is 0 Å². The molecule has 0 atom stereocenters. The Morgan fingerprint density at radius 2 is 2.07 bits per heavy atom. The zero-order chi connectivity index (χ0) is 11.3. The van der Waals surface area contributed by atoms with Gasteiger partial charge in [0.15, 0.2) is 0 Å². The van der Waals surface area contributed by atoms with Crippen molar-refractivity contribution in [1.82, 2.24) is 0 Å². The van der Waals surface area contributed by atoms with Crippen molar-refractivity contribution >= 4 is 5.76 Å². The molecule has 0 bridgehead atoms. The molecule has 0 unspecified atom stereocenters. The summed E-state index contributed by atoms with van der Waals surface area (Å²) >= 11 is 0. The van der Waals surface area contributed by atoms with Gasteiger partial charge in [-0.2, -0.15) is 0 Å². The fourth-order valence-corrected chi connectivity index (χ4v) is 1.92. The predicted octanol–water partition coefficient (Wildman–Crippen LogP) is 4.26. The van der Waals surface area contributed by atoms with Gasteiger partial charge in [-0.15, -0.1) is 0 Å². The molecule has 15 heavy (non-hydrogen) atoms. The van der Waals surface area contributed by atoms with Crippen LogP contribution in [0.15, 0.2) is 24.8 Å². The van der Waals surface area contributed by atoms with Crippen molar-refractivity contribution in [2.45, 2.75) is 39.5 Å². The van der Waals surface area contributed by atoms with E-state index in [1.54, 1.807) is 0 Å². The van der Waals surface area contributed by atoms with E-state index in [-0.39, 0.29) is 5.76 Å². The summed E-state index contributed by atoms with van der Waals surface area (Å²) in [5, 5.41) is 9.55. The lowest BCUT2D eigenvalue weighted by molar-refractivity contribution is 0.512. The highest BCUT2D eigenvalue weighted by Crippen LogP contribution is 2.22. The minimum Gasteiger partial charge on any atom is -0.508 e. The largest absolute Gasteiger partial charge is 0.508 e. The van der Waals surface area contributed by atoms with Gasteiger partial charge in [0.25, 0.3) is 0 Å². The van der Waals surface area contributed by atoms with Crippen LogP contribution in [0.3, 0.4) is 0 Å². The van der Waals surface area contributed by atoms with Crippen LogP contribution in [-0.2, 0) is 6.42 Å². The van der Waals surface area contributed by atoms with Crippen LogP contribution in [-0.4, -0.2) is 5.11 Å². The molecule has 0 aliphatic rings. The Bertz CT molecular complexity index is 339. The maximum absolute atomic E-state index is 9.55. The van der Waals surface area contributed by atoms with Gasteiger partial charge in [-0.1, -0.05) is 44.5 Å². The summed E-state index contributed by atoms with van der Waals surface area (Å²) < 4.78 is 0. The highest BCUT2D eigenvalue weighted by molar-refractivity contribution is 5.63. The normalized spacial score (nSPS) is 10.3. The van der Waals surface area contributed by atoms with Gasteiger partial charge in [-0.05, 0) is 30.9 Å². The van der Waals surface area contributed by atoms with E-state index in [1.807, 2.05) is 19.1 Å². The lowest BCUT2D eigenvalue weighted by Crippen LogP contribution is -1.96. The minimum absolute atomic E-state index is 0.194. The summed E-state index contributed by atoms with van der Waals surface area (Å²) in [7, 11) is 0. The van der Waals surface area contributed by atoms with Crippen LogP contribution in [0, 0.1) is 6.92 Å². The molecule has 1 nitrogen and oxygen atoms in total. The molecule has 0 spiro atoms. The quantitative estimate of drug-likeness (QED) is 0.561. The third-order valence-corrected chi connectivity index (χ3v) is 2.70. The second kappa shape index (κ2) is 5.59. The number of aliphatic hydroxyl groups is 1. The number of benzene rings is 1. The Labute approximate surface area is 92.5 Å². The molecule has 0 aromatic heterocycles. The summed E-state index contributed by atoms with van der Waals surface area (Å²) in [4.78, 5) is 0. The Balaban J connectivity index is 2.86. The molecule has 1 aromatic rings. The van der Waals surface area contributed by atoms with Gasteiger partial charge in [0.1, 0.15) is 5.76 Å². The van der Waals surface area contributed by atoms with Gasteiger partial charge in [-0.25, -0.2) is 0 Å². The number of hydrogen-bond acceptors (Lipinski definition) is 1. The number of hydrogen-bond donors (Lipinski definition) is 1. The molecule has 0 saturated carbocycles. The van der Waals surface area contributed by atoms with Crippen molar-refractivity contribution in [2.24, 2.45) is 0 Å². The lowest BCUT2D eigenvalue weighted by Gasteiger charge is -2.11. The van der Waals surface area contributed by atoms with Crippen molar-refractivity contribution in [3.8, 4) is 0 Å². The number of rotatable bonds is 5. The molecule has 1 aromatic carbocycles. The Hall–Kier alpha value is -1.24. The van der Waals surface area contributed by atoms with Crippen LogP contribution in [0.5, 0.6) is 0 Å². The maximum atomic E-state index is 9.55. The summed E-state index contributed by atoms with van der Waals surface area (Å²) in [6.45, 7) is 7.84. The number of unbranched alkanes of at least 4 members (excludes halogenated alkanes) is 2. The van der Waals surface area contributed by atoms with Crippen LogP contribution < -0.4 is 0 Å².